The lowest BCUT2D eigenvalue weighted by Gasteiger charge is -2.24. The maximum Gasteiger partial charge on any atom is 0.338 e. The zero-order valence-electron chi connectivity index (χ0n) is 24.6. The van der Waals surface area contributed by atoms with Crippen molar-refractivity contribution in [3.05, 3.63) is 117 Å². The first-order chi connectivity index (χ1) is 21.2. The lowest BCUT2D eigenvalue weighted by atomic mass is 9.96. The molecule has 0 saturated carbocycles. The summed E-state index contributed by atoms with van der Waals surface area (Å²) in [4.78, 5) is 32.3. The van der Waals surface area contributed by atoms with E-state index in [1.165, 1.54) is 11.3 Å². The molecule has 0 amide bonds. The number of halogens is 2. The highest BCUT2D eigenvalue weighted by atomic mass is 79.9. The molecular weight excluding hydrogens is 712 g/mol. The highest BCUT2D eigenvalue weighted by Gasteiger charge is 2.33. The van der Waals surface area contributed by atoms with E-state index in [9.17, 15) is 9.59 Å². The molecule has 0 fully saturated rings. The second kappa shape index (κ2) is 14.0. The highest BCUT2D eigenvalue weighted by molar-refractivity contribution is 9.10. The van der Waals surface area contributed by atoms with Gasteiger partial charge in [-0.2, -0.15) is 0 Å². The molecule has 228 valence electrons. The van der Waals surface area contributed by atoms with Crippen molar-refractivity contribution < 1.29 is 23.7 Å². The standard InChI is InChI=1S/C33H30Br2N2O6S/c1-5-41-26-15-22(25(35)17-27(26)43-18-20-7-11-23(34)12-8-20)16-28-31(38)37-30(21-9-13-24(40-4)14-10-21)29(32(39)42-6-2)19(3)36-33(37)44-28/h7-17,30H,5-6,18H2,1-4H3/b28-16-/t30-/m1/s1. The zero-order chi connectivity index (χ0) is 31.4. The van der Waals surface area contributed by atoms with Crippen LogP contribution in [0.2, 0.25) is 0 Å². The van der Waals surface area contributed by atoms with Crippen LogP contribution in [0.15, 0.2) is 90.7 Å². The summed E-state index contributed by atoms with van der Waals surface area (Å²) in [5.41, 5.74) is 3.04. The van der Waals surface area contributed by atoms with E-state index >= 15 is 0 Å². The second-order valence-corrected chi connectivity index (χ2v) is 12.5. The maximum absolute atomic E-state index is 14.0. The fourth-order valence-electron chi connectivity index (χ4n) is 4.82. The third-order valence-electron chi connectivity index (χ3n) is 6.91. The van der Waals surface area contributed by atoms with E-state index in [1.807, 2.05) is 55.5 Å². The van der Waals surface area contributed by atoms with Crippen LogP contribution < -0.4 is 29.1 Å². The zero-order valence-corrected chi connectivity index (χ0v) is 28.5. The first-order valence-corrected chi connectivity index (χ1v) is 16.3. The third-order valence-corrected chi connectivity index (χ3v) is 9.10. The van der Waals surface area contributed by atoms with Gasteiger partial charge in [-0.05, 0) is 79.9 Å². The molecule has 0 unspecified atom stereocenters. The van der Waals surface area contributed by atoms with Crippen molar-refractivity contribution in [2.24, 2.45) is 4.99 Å². The molecule has 0 saturated heterocycles. The summed E-state index contributed by atoms with van der Waals surface area (Å²) < 4.78 is 26.5. The molecule has 44 heavy (non-hydrogen) atoms. The molecule has 1 atom stereocenters. The number of carbonyl (C=O) groups excluding carboxylic acids is 1. The molecule has 1 aromatic heterocycles. The van der Waals surface area contributed by atoms with Gasteiger partial charge in [0.25, 0.3) is 5.56 Å². The van der Waals surface area contributed by atoms with Gasteiger partial charge in [0.05, 0.1) is 42.2 Å². The Morgan fingerprint density at radius 2 is 1.70 bits per heavy atom. The lowest BCUT2D eigenvalue weighted by molar-refractivity contribution is -0.139. The van der Waals surface area contributed by atoms with E-state index in [2.05, 4.69) is 36.9 Å². The number of benzene rings is 3. The van der Waals surface area contributed by atoms with Crippen molar-refractivity contribution in [3.63, 3.8) is 0 Å². The molecule has 0 spiro atoms. The molecule has 3 aromatic carbocycles. The van der Waals surface area contributed by atoms with Crippen molar-refractivity contribution in [2.75, 3.05) is 20.3 Å². The summed E-state index contributed by atoms with van der Waals surface area (Å²) in [6.45, 7) is 6.42. The van der Waals surface area contributed by atoms with E-state index in [4.69, 9.17) is 18.9 Å². The molecule has 4 aromatic rings. The third kappa shape index (κ3) is 6.69. The van der Waals surface area contributed by atoms with Crippen LogP contribution in [-0.4, -0.2) is 30.9 Å². The Morgan fingerprint density at radius 3 is 2.36 bits per heavy atom. The number of esters is 1. The fraction of sp³-hybridized carbons (Fsp3) is 0.242. The van der Waals surface area contributed by atoms with Gasteiger partial charge in [0.15, 0.2) is 16.3 Å². The van der Waals surface area contributed by atoms with Crippen LogP contribution in [0.5, 0.6) is 17.2 Å². The Labute approximate surface area is 275 Å². The average Bonchev–Trinajstić information content (AvgIpc) is 3.32. The number of hydrogen-bond acceptors (Lipinski definition) is 8. The van der Waals surface area contributed by atoms with E-state index in [0.29, 0.717) is 51.1 Å². The minimum atomic E-state index is -0.713. The van der Waals surface area contributed by atoms with Gasteiger partial charge >= 0.3 is 5.97 Å². The van der Waals surface area contributed by atoms with Gasteiger partial charge in [-0.3, -0.25) is 9.36 Å². The number of rotatable bonds is 10. The molecule has 0 radical (unpaired) electrons. The number of allylic oxidation sites excluding steroid dienone is 1. The monoisotopic (exact) mass is 740 g/mol. The SMILES string of the molecule is CCOC(=O)C1=C(C)N=c2s/c(=C\c3cc(OCC)c(OCc4ccc(Br)cc4)cc3Br)c(=O)n2[C@@H]1c1ccc(OC)cc1. The Hall–Kier alpha value is -3.67. The largest absolute Gasteiger partial charge is 0.497 e. The molecular formula is C33H30Br2N2O6S. The van der Waals surface area contributed by atoms with Gasteiger partial charge in [-0.1, -0.05) is 67.5 Å². The van der Waals surface area contributed by atoms with Crippen molar-refractivity contribution >= 4 is 55.2 Å². The second-order valence-electron chi connectivity index (χ2n) is 9.74. The quantitative estimate of drug-likeness (QED) is 0.177. The van der Waals surface area contributed by atoms with Crippen LogP contribution in [0.25, 0.3) is 6.08 Å². The smallest absolute Gasteiger partial charge is 0.338 e. The molecule has 0 aliphatic carbocycles. The number of ether oxygens (including phenoxy) is 4. The van der Waals surface area contributed by atoms with Gasteiger partial charge in [-0.15, -0.1) is 0 Å². The van der Waals surface area contributed by atoms with E-state index in [0.717, 1.165) is 25.6 Å². The Balaban J connectivity index is 1.58. The summed E-state index contributed by atoms with van der Waals surface area (Å²) >= 11 is 8.37. The number of thiazole rings is 1. The Bertz CT molecular complexity index is 1900. The number of methoxy groups -OCH3 is 1. The topological polar surface area (TPSA) is 88.4 Å². The van der Waals surface area contributed by atoms with E-state index < -0.39 is 12.0 Å². The summed E-state index contributed by atoms with van der Waals surface area (Å²) in [6.07, 6.45) is 1.80. The number of hydrogen-bond donors (Lipinski definition) is 0. The summed E-state index contributed by atoms with van der Waals surface area (Å²) in [5.74, 6) is 1.29. The summed E-state index contributed by atoms with van der Waals surface area (Å²) in [7, 11) is 1.59. The normalized spacial score (nSPS) is 14.6. The van der Waals surface area contributed by atoms with Crippen LogP contribution in [0, 0.1) is 0 Å². The first-order valence-electron chi connectivity index (χ1n) is 13.9. The van der Waals surface area contributed by atoms with Crippen LogP contribution in [-0.2, 0) is 16.1 Å². The fourth-order valence-corrected chi connectivity index (χ4v) is 6.56. The first kappa shape index (κ1) is 31.7. The molecule has 11 heteroatoms. The summed E-state index contributed by atoms with van der Waals surface area (Å²) in [5, 5.41) is 0. The lowest BCUT2D eigenvalue weighted by Crippen LogP contribution is -2.39. The molecule has 0 N–H and O–H groups in total. The predicted octanol–water partition coefficient (Wildman–Crippen LogP) is 6.31. The predicted molar refractivity (Wildman–Crippen MR) is 177 cm³/mol. The number of fused-ring (bicyclic) bond motifs is 1. The van der Waals surface area contributed by atoms with E-state index in [1.54, 1.807) is 43.7 Å². The molecule has 1 aliphatic heterocycles. The maximum atomic E-state index is 14.0. The van der Waals surface area contributed by atoms with Crippen LogP contribution in [0.1, 0.15) is 43.5 Å². The molecule has 2 heterocycles. The van der Waals surface area contributed by atoms with Crippen LogP contribution >= 0.6 is 43.2 Å². The van der Waals surface area contributed by atoms with Gasteiger partial charge in [0.1, 0.15) is 12.4 Å². The van der Waals surface area contributed by atoms with Crippen molar-refractivity contribution in [1.29, 1.82) is 0 Å². The number of carbonyl (C=O) groups is 1. The van der Waals surface area contributed by atoms with E-state index in [-0.39, 0.29) is 12.2 Å². The Morgan fingerprint density at radius 1 is 1.00 bits per heavy atom. The van der Waals surface area contributed by atoms with Gasteiger partial charge in [-0.25, -0.2) is 9.79 Å². The number of aromatic nitrogens is 1. The van der Waals surface area contributed by atoms with Gasteiger partial charge in [0, 0.05) is 8.95 Å². The molecule has 5 rings (SSSR count). The minimum Gasteiger partial charge on any atom is -0.497 e. The van der Waals surface area contributed by atoms with Gasteiger partial charge in [0.2, 0.25) is 0 Å². The van der Waals surface area contributed by atoms with Crippen LogP contribution in [0.3, 0.4) is 0 Å². The van der Waals surface area contributed by atoms with Crippen LogP contribution in [0.4, 0.5) is 0 Å². The van der Waals surface area contributed by atoms with Crippen molar-refractivity contribution in [3.8, 4) is 17.2 Å². The highest BCUT2D eigenvalue weighted by Crippen LogP contribution is 2.35. The number of nitrogens with zero attached hydrogens (tertiary/aromatic N) is 2. The van der Waals surface area contributed by atoms with Crippen molar-refractivity contribution in [1.82, 2.24) is 4.57 Å². The Kier molecular flexibility index (Phi) is 10.1. The minimum absolute atomic E-state index is 0.203. The summed E-state index contributed by atoms with van der Waals surface area (Å²) in [6, 6.07) is 18.2. The molecule has 0 bridgehead atoms. The molecule has 1 aliphatic rings. The van der Waals surface area contributed by atoms with Gasteiger partial charge < -0.3 is 18.9 Å². The molecule has 8 nitrogen and oxygen atoms in total. The average molecular weight is 742 g/mol. The van der Waals surface area contributed by atoms with Crippen molar-refractivity contribution in [2.45, 2.75) is 33.4 Å².